The summed E-state index contributed by atoms with van der Waals surface area (Å²) in [6, 6.07) is 0. The molecule has 0 unspecified atom stereocenters. The van der Waals surface area contributed by atoms with Crippen molar-refractivity contribution in [1.29, 1.82) is 0 Å². The van der Waals surface area contributed by atoms with Crippen molar-refractivity contribution in [2.75, 3.05) is 7.11 Å². The van der Waals surface area contributed by atoms with Gasteiger partial charge < -0.3 is 14.9 Å². The molecule has 1 aromatic rings. The minimum Gasteiger partial charge on any atom is -0.505 e. The SMILES string of the molecule is COc1cnc(C(=O)O)c(O)c1C(F)F. The lowest BCUT2D eigenvalue weighted by Crippen LogP contribution is -2.04. The highest BCUT2D eigenvalue weighted by Crippen LogP contribution is 2.37. The molecule has 0 saturated carbocycles. The van der Waals surface area contributed by atoms with Crippen molar-refractivity contribution in [3.63, 3.8) is 0 Å². The maximum absolute atomic E-state index is 12.5. The molecule has 0 bridgehead atoms. The van der Waals surface area contributed by atoms with E-state index < -0.39 is 29.4 Å². The van der Waals surface area contributed by atoms with Gasteiger partial charge in [-0.1, -0.05) is 0 Å². The van der Waals surface area contributed by atoms with Crippen molar-refractivity contribution in [3.8, 4) is 11.5 Å². The van der Waals surface area contributed by atoms with Gasteiger partial charge in [0.2, 0.25) is 0 Å². The van der Waals surface area contributed by atoms with Gasteiger partial charge in [-0.15, -0.1) is 0 Å². The first kappa shape index (κ1) is 11.2. The average molecular weight is 219 g/mol. The smallest absolute Gasteiger partial charge is 0.358 e. The summed E-state index contributed by atoms with van der Waals surface area (Å²) in [4.78, 5) is 13.8. The van der Waals surface area contributed by atoms with E-state index in [0.29, 0.717) is 0 Å². The first-order valence-electron chi connectivity index (χ1n) is 3.76. The Morgan fingerprint density at radius 3 is 2.60 bits per heavy atom. The molecular formula is C8H7F2NO4. The molecule has 82 valence electrons. The monoisotopic (exact) mass is 219 g/mol. The third kappa shape index (κ3) is 1.95. The van der Waals surface area contributed by atoms with Gasteiger partial charge in [-0.2, -0.15) is 0 Å². The molecule has 1 aromatic heterocycles. The molecule has 0 atom stereocenters. The van der Waals surface area contributed by atoms with Crippen LogP contribution in [0.3, 0.4) is 0 Å². The van der Waals surface area contributed by atoms with E-state index in [1.54, 1.807) is 0 Å². The number of carbonyl (C=O) groups is 1. The second-order valence-corrected chi connectivity index (χ2v) is 2.54. The van der Waals surface area contributed by atoms with Crippen LogP contribution in [0.25, 0.3) is 0 Å². The number of rotatable bonds is 3. The number of carboxylic acid groups (broad SMARTS) is 1. The molecule has 0 saturated heterocycles. The van der Waals surface area contributed by atoms with E-state index >= 15 is 0 Å². The third-order valence-electron chi connectivity index (χ3n) is 1.70. The summed E-state index contributed by atoms with van der Waals surface area (Å²) in [5, 5.41) is 17.8. The number of nitrogens with zero attached hydrogens (tertiary/aromatic N) is 1. The minimum absolute atomic E-state index is 0.354. The second kappa shape index (κ2) is 4.07. The zero-order valence-corrected chi connectivity index (χ0v) is 7.57. The van der Waals surface area contributed by atoms with E-state index in [1.807, 2.05) is 0 Å². The summed E-state index contributed by atoms with van der Waals surface area (Å²) in [6.07, 6.45) is -2.22. The molecule has 7 heteroatoms. The molecule has 0 aliphatic carbocycles. The Morgan fingerprint density at radius 2 is 2.20 bits per heavy atom. The van der Waals surface area contributed by atoms with Crippen molar-refractivity contribution < 1.29 is 28.5 Å². The van der Waals surface area contributed by atoms with Crippen LogP contribution >= 0.6 is 0 Å². The van der Waals surface area contributed by atoms with Gasteiger partial charge in [0.25, 0.3) is 6.43 Å². The quantitative estimate of drug-likeness (QED) is 0.803. The molecule has 0 aliphatic rings. The molecule has 5 nitrogen and oxygen atoms in total. The van der Waals surface area contributed by atoms with Crippen molar-refractivity contribution in [2.24, 2.45) is 0 Å². The highest BCUT2D eigenvalue weighted by molar-refractivity contribution is 5.89. The Morgan fingerprint density at radius 1 is 1.60 bits per heavy atom. The fraction of sp³-hybridized carbons (Fsp3) is 0.250. The van der Waals surface area contributed by atoms with E-state index in [0.717, 1.165) is 13.3 Å². The first-order chi connectivity index (χ1) is 6.99. The van der Waals surface area contributed by atoms with Gasteiger partial charge in [-0.25, -0.2) is 18.6 Å². The van der Waals surface area contributed by atoms with Gasteiger partial charge in [0.15, 0.2) is 11.4 Å². The zero-order valence-electron chi connectivity index (χ0n) is 7.57. The zero-order chi connectivity index (χ0) is 11.6. The minimum atomic E-state index is -3.04. The maximum Gasteiger partial charge on any atom is 0.358 e. The van der Waals surface area contributed by atoms with Crippen LogP contribution in [0, 0.1) is 0 Å². The number of aromatic nitrogens is 1. The topological polar surface area (TPSA) is 79.7 Å². The number of pyridine rings is 1. The number of methoxy groups -OCH3 is 1. The predicted molar refractivity (Wildman–Crippen MR) is 44.4 cm³/mol. The second-order valence-electron chi connectivity index (χ2n) is 2.54. The van der Waals surface area contributed by atoms with E-state index in [2.05, 4.69) is 9.72 Å². The lowest BCUT2D eigenvalue weighted by molar-refractivity contribution is 0.0685. The van der Waals surface area contributed by atoms with Crippen LogP contribution in [-0.2, 0) is 0 Å². The highest BCUT2D eigenvalue weighted by atomic mass is 19.3. The summed E-state index contributed by atoms with van der Waals surface area (Å²) in [5.74, 6) is -3.01. The van der Waals surface area contributed by atoms with Crippen molar-refractivity contribution >= 4 is 5.97 Å². The number of carboxylic acids is 1. The molecule has 1 rings (SSSR count). The number of hydrogen-bond donors (Lipinski definition) is 2. The molecule has 0 fully saturated rings. The normalized spacial score (nSPS) is 10.4. The van der Waals surface area contributed by atoms with E-state index in [1.165, 1.54) is 0 Å². The number of alkyl halides is 2. The molecule has 0 amide bonds. The Hall–Kier alpha value is -1.92. The fourth-order valence-corrected chi connectivity index (χ4v) is 1.03. The lowest BCUT2D eigenvalue weighted by Gasteiger charge is -2.10. The molecule has 15 heavy (non-hydrogen) atoms. The van der Waals surface area contributed by atoms with Crippen LogP contribution in [-0.4, -0.2) is 28.3 Å². The molecule has 0 radical (unpaired) electrons. The Balaban J connectivity index is 3.42. The van der Waals surface area contributed by atoms with E-state index in [-0.39, 0.29) is 5.75 Å². The summed E-state index contributed by atoms with van der Waals surface area (Å²) < 4.78 is 29.4. The first-order valence-corrected chi connectivity index (χ1v) is 3.76. The van der Waals surface area contributed by atoms with Gasteiger partial charge in [0.05, 0.1) is 13.3 Å². The molecule has 0 spiro atoms. The van der Waals surface area contributed by atoms with Crippen LogP contribution in [0.1, 0.15) is 22.5 Å². The summed E-state index contributed by atoms with van der Waals surface area (Å²) in [6.45, 7) is 0. The molecule has 1 heterocycles. The van der Waals surface area contributed by atoms with Crippen LogP contribution in [0.15, 0.2) is 6.20 Å². The Bertz CT molecular complexity index is 394. The van der Waals surface area contributed by atoms with E-state index in [9.17, 15) is 18.7 Å². The van der Waals surface area contributed by atoms with Crippen molar-refractivity contribution in [2.45, 2.75) is 6.43 Å². The van der Waals surface area contributed by atoms with Crippen LogP contribution in [0.5, 0.6) is 11.5 Å². The molecule has 2 N–H and O–H groups in total. The predicted octanol–water partition coefficient (Wildman–Crippen LogP) is 1.43. The highest BCUT2D eigenvalue weighted by Gasteiger charge is 2.25. The maximum atomic E-state index is 12.5. The summed E-state index contributed by atoms with van der Waals surface area (Å²) in [7, 11) is 1.11. The van der Waals surface area contributed by atoms with Crippen molar-refractivity contribution in [1.82, 2.24) is 4.98 Å². The van der Waals surface area contributed by atoms with Gasteiger partial charge in [-0.3, -0.25) is 0 Å². The summed E-state index contributed by atoms with van der Waals surface area (Å²) in [5.41, 5.74) is -1.70. The van der Waals surface area contributed by atoms with Crippen LogP contribution in [0.4, 0.5) is 8.78 Å². The summed E-state index contributed by atoms with van der Waals surface area (Å²) >= 11 is 0. The Kier molecular flexibility index (Phi) is 3.03. The molecule has 0 aromatic carbocycles. The van der Waals surface area contributed by atoms with Gasteiger partial charge in [0, 0.05) is 0 Å². The van der Waals surface area contributed by atoms with E-state index in [4.69, 9.17) is 5.11 Å². The molecular weight excluding hydrogens is 212 g/mol. The number of ether oxygens (including phenoxy) is 1. The van der Waals surface area contributed by atoms with Crippen LogP contribution < -0.4 is 4.74 Å². The van der Waals surface area contributed by atoms with Gasteiger partial charge in [-0.05, 0) is 0 Å². The number of aromatic hydroxyl groups is 1. The number of hydrogen-bond acceptors (Lipinski definition) is 4. The number of halogens is 2. The fourth-order valence-electron chi connectivity index (χ4n) is 1.03. The largest absolute Gasteiger partial charge is 0.505 e. The van der Waals surface area contributed by atoms with Crippen molar-refractivity contribution in [3.05, 3.63) is 17.5 Å². The van der Waals surface area contributed by atoms with Gasteiger partial charge in [0.1, 0.15) is 11.3 Å². The lowest BCUT2D eigenvalue weighted by atomic mass is 10.2. The van der Waals surface area contributed by atoms with Crippen LogP contribution in [0.2, 0.25) is 0 Å². The Labute approximate surface area is 82.9 Å². The third-order valence-corrected chi connectivity index (χ3v) is 1.70. The van der Waals surface area contributed by atoms with Gasteiger partial charge >= 0.3 is 5.97 Å². The standard InChI is InChI=1S/C8H7F2NO4/c1-15-3-2-11-5(8(13)14)6(12)4(3)7(9)10/h2,7,12H,1H3,(H,13,14). The number of aromatic carboxylic acids is 1. The average Bonchev–Trinajstić information content (AvgIpc) is 2.15. The molecule has 0 aliphatic heterocycles.